The molecule has 1 saturated heterocycles. The first-order chi connectivity index (χ1) is 9.94. The summed E-state index contributed by atoms with van der Waals surface area (Å²) in [7, 11) is 0. The van der Waals surface area contributed by atoms with Gasteiger partial charge in [0.05, 0.1) is 0 Å². The van der Waals surface area contributed by atoms with E-state index in [4.69, 9.17) is 4.74 Å². The molecule has 0 unspecified atom stereocenters. The van der Waals surface area contributed by atoms with E-state index in [2.05, 4.69) is 16.4 Å². The summed E-state index contributed by atoms with van der Waals surface area (Å²) in [4.78, 5) is 16.9. The van der Waals surface area contributed by atoms with E-state index in [0.29, 0.717) is 5.92 Å². The van der Waals surface area contributed by atoms with Crippen LogP contribution in [0.1, 0.15) is 39.2 Å². The number of likely N-dealkylation sites (tertiary alicyclic amines) is 1. The highest BCUT2D eigenvalue weighted by molar-refractivity contribution is 5.68. The van der Waals surface area contributed by atoms with Crippen molar-refractivity contribution in [1.29, 1.82) is 0 Å². The van der Waals surface area contributed by atoms with E-state index in [9.17, 15) is 4.79 Å². The van der Waals surface area contributed by atoms with Crippen LogP contribution in [0.5, 0.6) is 0 Å². The van der Waals surface area contributed by atoms with Crippen LogP contribution in [-0.4, -0.2) is 41.2 Å². The highest BCUT2D eigenvalue weighted by Gasteiger charge is 2.26. The molecule has 1 aromatic rings. The summed E-state index contributed by atoms with van der Waals surface area (Å²) >= 11 is 0. The fourth-order valence-corrected chi connectivity index (χ4v) is 2.54. The molecule has 5 nitrogen and oxygen atoms in total. The number of H-pyrrole nitrogens is 1. The summed E-state index contributed by atoms with van der Waals surface area (Å²) in [6.45, 7) is 9.22. The van der Waals surface area contributed by atoms with Crippen molar-refractivity contribution >= 4 is 6.09 Å². The summed E-state index contributed by atoms with van der Waals surface area (Å²) in [6.07, 6.45) is 5.86. The van der Waals surface area contributed by atoms with Crippen LogP contribution in [0.4, 0.5) is 4.79 Å². The Kier molecular flexibility index (Phi) is 5.28. The van der Waals surface area contributed by atoms with E-state index in [1.165, 1.54) is 5.56 Å². The lowest BCUT2D eigenvalue weighted by atomic mass is 9.97. The Morgan fingerprint density at radius 3 is 2.71 bits per heavy atom. The highest BCUT2D eigenvalue weighted by atomic mass is 16.6. The summed E-state index contributed by atoms with van der Waals surface area (Å²) in [5.41, 5.74) is 0.868. The molecule has 118 valence electrons. The standard InChI is InChI=1S/C16H27N3O2/c1-16(2,3)21-15(20)19-8-5-13(6-9-19)10-18-12-14-4-7-17-11-14/h4,7,11,13,17-18H,5-6,8-10,12H2,1-3H3. The van der Waals surface area contributed by atoms with Crippen molar-refractivity contribution in [3.05, 3.63) is 24.0 Å². The monoisotopic (exact) mass is 293 g/mol. The van der Waals surface area contributed by atoms with Crippen molar-refractivity contribution in [2.45, 2.75) is 45.8 Å². The van der Waals surface area contributed by atoms with Crippen LogP contribution < -0.4 is 5.32 Å². The number of ether oxygens (including phenoxy) is 1. The van der Waals surface area contributed by atoms with Crippen molar-refractivity contribution in [2.24, 2.45) is 5.92 Å². The lowest BCUT2D eigenvalue weighted by Crippen LogP contribution is -2.43. The minimum Gasteiger partial charge on any atom is -0.444 e. The molecule has 1 amide bonds. The normalized spacial score (nSPS) is 17.0. The van der Waals surface area contributed by atoms with Gasteiger partial charge in [-0.2, -0.15) is 0 Å². The second-order valence-corrected chi connectivity index (χ2v) is 6.76. The number of hydrogen-bond donors (Lipinski definition) is 2. The Morgan fingerprint density at radius 1 is 1.43 bits per heavy atom. The molecular weight excluding hydrogens is 266 g/mol. The molecule has 0 spiro atoms. The fourth-order valence-electron chi connectivity index (χ4n) is 2.54. The number of nitrogens with one attached hydrogen (secondary N) is 2. The smallest absolute Gasteiger partial charge is 0.410 e. The quantitative estimate of drug-likeness (QED) is 0.897. The van der Waals surface area contributed by atoms with Crippen molar-refractivity contribution in [3.8, 4) is 0 Å². The average Bonchev–Trinajstić information content (AvgIpc) is 2.91. The van der Waals surface area contributed by atoms with Crippen LogP contribution in [0, 0.1) is 5.92 Å². The Hall–Kier alpha value is -1.49. The maximum Gasteiger partial charge on any atom is 0.410 e. The third-order valence-electron chi connectivity index (χ3n) is 3.69. The molecule has 1 aromatic heterocycles. The van der Waals surface area contributed by atoms with Gasteiger partial charge in [-0.05, 0) is 57.7 Å². The van der Waals surface area contributed by atoms with Crippen molar-refractivity contribution in [2.75, 3.05) is 19.6 Å². The number of carbonyl (C=O) groups excluding carboxylic acids is 1. The van der Waals surface area contributed by atoms with Gasteiger partial charge in [0.2, 0.25) is 0 Å². The van der Waals surface area contributed by atoms with Gasteiger partial charge in [0.1, 0.15) is 5.60 Å². The van der Waals surface area contributed by atoms with Gasteiger partial charge in [-0.25, -0.2) is 4.79 Å². The van der Waals surface area contributed by atoms with Gasteiger partial charge in [0, 0.05) is 32.0 Å². The number of carbonyl (C=O) groups is 1. The Balaban J connectivity index is 1.65. The lowest BCUT2D eigenvalue weighted by Gasteiger charge is -2.33. The molecule has 0 saturated carbocycles. The molecule has 1 aliphatic heterocycles. The van der Waals surface area contributed by atoms with Crippen LogP contribution in [0.3, 0.4) is 0 Å². The van der Waals surface area contributed by atoms with E-state index in [0.717, 1.165) is 39.0 Å². The van der Waals surface area contributed by atoms with Gasteiger partial charge in [-0.15, -0.1) is 0 Å². The third-order valence-corrected chi connectivity index (χ3v) is 3.69. The molecule has 0 bridgehead atoms. The van der Waals surface area contributed by atoms with E-state index in [1.54, 1.807) is 0 Å². The second kappa shape index (κ2) is 6.98. The molecule has 1 fully saturated rings. The van der Waals surface area contributed by atoms with Crippen molar-refractivity contribution in [3.63, 3.8) is 0 Å². The zero-order valence-electron chi connectivity index (χ0n) is 13.3. The largest absolute Gasteiger partial charge is 0.444 e. The number of hydrogen-bond acceptors (Lipinski definition) is 3. The summed E-state index contributed by atoms with van der Waals surface area (Å²) in [5, 5.41) is 3.49. The van der Waals surface area contributed by atoms with Gasteiger partial charge >= 0.3 is 6.09 Å². The van der Waals surface area contributed by atoms with Crippen LogP contribution >= 0.6 is 0 Å². The minimum absolute atomic E-state index is 0.179. The average molecular weight is 293 g/mol. The molecule has 0 aliphatic carbocycles. The molecular formula is C16H27N3O2. The summed E-state index contributed by atoms with van der Waals surface area (Å²) < 4.78 is 5.41. The SMILES string of the molecule is CC(C)(C)OC(=O)N1CCC(CNCc2cc[nH]c2)CC1. The van der Waals surface area contributed by atoms with E-state index in [1.807, 2.05) is 38.1 Å². The Labute approximate surface area is 127 Å². The van der Waals surface area contributed by atoms with Crippen molar-refractivity contribution in [1.82, 2.24) is 15.2 Å². The zero-order valence-corrected chi connectivity index (χ0v) is 13.3. The number of nitrogens with zero attached hydrogens (tertiary/aromatic N) is 1. The van der Waals surface area contributed by atoms with Crippen LogP contribution in [0.15, 0.2) is 18.5 Å². The number of amides is 1. The van der Waals surface area contributed by atoms with E-state index >= 15 is 0 Å². The predicted molar refractivity (Wildman–Crippen MR) is 83.0 cm³/mol. The first kappa shape index (κ1) is 15.9. The number of aromatic amines is 1. The van der Waals surface area contributed by atoms with Gasteiger partial charge < -0.3 is 19.9 Å². The molecule has 21 heavy (non-hydrogen) atoms. The van der Waals surface area contributed by atoms with Crippen molar-refractivity contribution < 1.29 is 9.53 Å². The summed E-state index contributed by atoms with van der Waals surface area (Å²) in [5.74, 6) is 0.641. The van der Waals surface area contributed by atoms with Crippen LogP contribution in [0.25, 0.3) is 0 Å². The van der Waals surface area contributed by atoms with Crippen LogP contribution in [0.2, 0.25) is 0 Å². The Morgan fingerprint density at radius 2 is 2.14 bits per heavy atom. The maximum absolute atomic E-state index is 12.0. The molecule has 0 atom stereocenters. The first-order valence-electron chi connectivity index (χ1n) is 7.74. The van der Waals surface area contributed by atoms with E-state index < -0.39 is 5.60 Å². The topological polar surface area (TPSA) is 57.4 Å². The Bertz CT molecular complexity index is 429. The van der Waals surface area contributed by atoms with Gasteiger partial charge in [0.15, 0.2) is 0 Å². The molecule has 0 radical (unpaired) electrons. The first-order valence-corrected chi connectivity index (χ1v) is 7.74. The zero-order chi connectivity index (χ0) is 15.3. The second-order valence-electron chi connectivity index (χ2n) is 6.76. The third kappa shape index (κ3) is 5.42. The molecule has 5 heteroatoms. The van der Waals surface area contributed by atoms with E-state index in [-0.39, 0.29) is 6.09 Å². The molecule has 0 aromatic carbocycles. The summed E-state index contributed by atoms with van der Waals surface area (Å²) in [6, 6.07) is 2.08. The molecule has 2 heterocycles. The lowest BCUT2D eigenvalue weighted by molar-refractivity contribution is 0.0184. The minimum atomic E-state index is -0.411. The van der Waals surface area contributed by atoms with Gasteiger partial charge in [-0.3, -0.25) is 0 Å². The number of rotatable bonds is 4. The predicted octanol–water partition coefficient (Wildman–Crippen LogP) is 2.75. The molecule has 2 rings (SSSR count). The van der Waals surface area contributed by atoms with Crippen LogP contribution in [-0.2, 0) is 11.3 Å². The molecule has 1 aliphatic rings. The fraction of sp³-hybridized carbons (Fsp3) is 0.688. The van der Waals surface area contributed by atoms with Gasteiger partial charge in [-0.1, -0.05) is 0 Å². The maximum atomic E-state index is 12.0. The van der Waals surface area contributed by atoms with Gasteiger partial charge in [0.25, 0.3) is 0 Å². The molecule has 2 N–H and O–H groups in total. The highest BCUT2D eigenvalue weighted by Crippen LogP contribution is 2.19. The number of aromatic nitrogens is 1. The number of piperidine rings is 1.